The van der Waals surface area contributed by atoms with Crippen LogP contribution in [0.15, 0.2) is 36.4 Å². The van der Waals surface area contributed by atoms with E-state index in [-0.39, 0.29) is 45.6 Å². The average molecular weight is 523 g/mol. The maximum atomic E-state index is 12.9. The Morgan fingerprint density at radius 3 is 1.95 bits per heavy atom. The molecule has 2 aliphatic rings. The molecule has 2 aromatic carbocycles. The Bertz CT molecular complexity index is 1240. The van der Waals surface area contributed by atoms with Gasteiger partial charge in [-0.25, -0.2) is 0 Å². The number of carbonyl (C=O) groups excluding carboxylic acids is 3. The summed E-state index contributed by atoms with van der Waals surface area (Å²) in [5, 5.41) is 36.6. The van der Waals surface area contributed by atoms with E-state index >= 15 is 0 Å². The topological polar surface area (TPSA) is 184 Å². The first-order valence-corrected chi connectivity index (χ1v) is 12.1. The second-order valence-electron chi connectivity index (χ2n) is 9.02. The highest BCUT2D eigenvalue weighted by molar-refractivity contribution is 6.62. The quantitative estimate of drug-likeness (QED) is 0.168. The highest BCUT2D eigenvalue weighted by atomic mass is 16.5. The smallest absolute Gasteiger partial charge is 0.481 e. The van der Waals surface area contributed by atoms with E-state index in [2.05, 4.69) is 16.0 Å². The molecule has 2 heterocycles. The molecule has 12 nitrogen and oxygen atoms in total. The van der Waals surface area contributed by atoms with E-state index in [1.54, 1.807) is 36.4 Å². The Morgan fingerprint density at radius 2 is 1.39 bits per heavy atom. The van der Waals surface area contributed by atoms with Crippen molar-refractivity contribution in [1.82, 2.24) is 16.0 Å². The molecule has 2 aliphatic heterocycles. The number of carboxylic acids is 1. The molecule has 0 unspecified atom stereocenters. The molecular formula is C24H27B2N3O9. The molecule has 198 valence electrons. The van der Waals surface area contributed by atoms with Crippen LogP contribution < -0.4 is 26.9 Å². The monoisotopic (exact) mass is 523 g/mol. The number of nitrogens with one attached hydrogen (secondary N) is 3. The van der Waals surface area contributed by atoms with Crippen LogP contribution in [0.25, 0.3) is 0 Å². The highest BCUT2D eigenvalue weighted by Crippen LogP contribution is 2.14. The van der Waals surface area contributed by atoms with Gasteiger partial charge < -0.3 is 40.4 Å². The Balaban J connectivity index is 1.40. The normalized spacial score (nSPS) is 14.5. The maximum Gasteiger partial charge on any atom is 0.492 e. The predicted octanol–water partition coefficient (Wildman–Crippen LogP) is -2.90. The molecule has 0 fully saturated rings. The van der Waals surface area contributed by atoms with Gasteiger partial charge in [0.05, 0.1) is 32.5 Å². The summed E-state index contributed by atoms with van der Waals surface area (Å²) in [5.41, 5.74) is 3.73. The van der Waals surface area contributed by atoms with Crippen LogP contribution in [0.3, 0.4) is 0 Å². The van der Waals surface area contributed by atoms with Gasteiger partial charge in [0.15, 0.2) is 0 Å². The van der Waals surface area contributed by atoms with Gasteiger partial charge in [-0.05, 0) is 33.2 Å². The number of aliphatic carboxylic acids is 1. The summed E-state index contributed by atoms with van der Waals surface area (Å²) in [5.74, 6) is -2.74. The molecule has 0 spiro atoms. The molecule has 0 bridgehead atoms. The van der Waals surface area contributed by atoms with Crippen LogP contribution in [0.5, 0.6) is 0 Å². The Morgan fingerprint density at radius 1 is 0.842 bits per heavy atom. The number of benzene rings is 2. The summed E-state index contributed by atoms with van der Waals surface area (Å²) in [7, 11) is -2.27. The first kappa shape index (κ1) is 27.3. The number of hydrogen-bond acceptors (Lipinski definition) is 8. The van der Waals surface area contributed by atoms with Crippen LogP contribution in [0.1, 0.15) is 28.7 Å². The lowest BCUT2D eigenvalue weighted by Crippen LogP contribution is -2.53. The molecule has 2 aromatic rings. The fourth-order valence-electron chi connectivity index (χ4n) is 4.53. The van der Waals surface area contributed by atoms with E-state index in [0.29, 0.717) is 22.1 Å². The number of rotatable bonds is 11. The fourth-order valence-corrected chi connectivity index (χ4v) is 4.53. The summed E-state index contributed by atoms with van der Waals surface area (Å²) in [4.78, 5) is 49.1. The van der Waals surface area contributed by atoms with Crippen LogP contribution >= 0.6 is 0 Å². The summed E-state index contributed by atoms with van der Waals surface area (Å²) >= 11 is 0. The Hall–Kier alpha value is -3.71. The van der Waals surface area contributed by atoms with E-state index in [4.69, 9.17) is 14.4 Å². The van der Waals surface area contributed by atoms with E-state index in [9.17, 15) is 29.2 Å². The third kappa shape index (κ3) is 6.58. The second-order valence-corrected chi connectivity index (χ2v) is 9.02. The molecule has 0 aliphatic carbocycles. The van der Waals surface area contributed by atoms with Crippen LogP contribution in [0.2, 0.25) is 0 Å². The van der Waals surface area contributed by atoms with Gasteiger partial charge in [0.1, 0.15) is 6.04 Å². The number of fused-ring (bicyclic) bond motifs is 2. The van der Waals surface area contributed by atoms with Crippen molar-refractivity contribution < 1.29 is 43.6 Å². The lowest BCUT2D eigenvalue weighted by atomic mass is 9.75. The van der Waals surface area contributed by atoms with Crippen molar-refractivity contribution in [3.05, 3.63) is 58.7 Å². The van der Waals surface area contributed by atoms with Crippen LogP contribution in [0, 0.1) is 0 Å². The van der Waals surface area contributed by atoms with E-state index < -0.39 is 44.0 Å². The van der Waals surface area contributed by atoms with E-state index in [0.717, 1.165) is 11.1 Å². The third-order valence-corrected chi connectivity index (χ3v) is 6.36. The lowest BCUT2D eigenvalue weighted by Gasteiger charge is -2.20. The first-order valence-electron chi connectivity index (χ1n) is 12.1. The molecule has 0 saturated carbocycles. The molecule has 14 heteroatoms. The summed E-state index contributed by atoms with van der Waals surface area (Å²) in [6.07, 6.45) is -0.542. The minimum absolute atomic E-state index is 0.0844. The van der Waals surface area contributed by atoms with Crippen LogP contribution in [-0.4, -0.2) is 72.2 Å². The molecule has 0 saturated heterocycles. The van der Waals surface area contributed by atoms with Crippen molar-refractivity contribution in [2.75, 3.05) is 13.1 Å². The fraction of sp³-hybridized carbons (Fsp3) is 0.333. The molecule has 4 rings (SSSR count). The van der Waals surface area contributed by atoms with Gasteiger partial charge in [0.2, 0.25) is 17.7 Å². The van der Waals surface area contributed by atoms with Crippen LogP contribution in [-0.2, 0) is 54.5 Å². The highest BCUT2D eigenvalue weighted by Gasteiger charge is 2.32. The van der Waals surface area contributed by atoms with Gasteiger partial charge in [-0.2, -0.15) is 0 Å². The zero-order valence-electron chi connectivity index (χ0n) is 20.4. The van der Waals surface area contributed by atoms with Gasteiger partial charge in [-0.3, -0.25) is 19.2 Å². The van der Waals surface area contributed by atoms with Crippen molar-refractivity contribution in [3.63, 3.8) is 0 Å². The first-order chi connectivity index (χ1) is 18.2. The molecule has 0 radical (unpaired) electrons. The van der Waals surface area contributed by atoms with Gasteiger partial charge in [-0.15, -0.1) is 0 Å². The third-order valence-electron chi connectivity index (χ3n) is 6.36. The number of carbonyl (C=O) groups is 4. The molecule has 0 aromatic heterocycles. The summed E-state index contributed by atoms with van der Waals surface area (Å²) < 4.78 is 10.4. The number of amides is 3. The van der Waals surface area contributed by atoms with Crippen molar-refractivity contribution >= 4 is 48.9 Å². The standard InChI is InChI=1S/C24H27B2N3O9/c30-19(9-14-3-1-5-16-12-37-25(35)22(14)16)28-11-18(24(34)27-8-7-21(32)33)29-20(31)10-15-4-2-6-17-13-38-26(36)23(15)17/h1-6,18,35-36H,7-13H2,(H,27,34)(H,28,30)(H,29,31)(H,32,33)/t18-/m0/s1. The summed E-state index contributed by atoms with van der Waals surface area (Å²) in [6, 6.07) is 9.27. The summed E-state index contributed by atoms with van der Waals surface area (Å²) in [6.45, 7) is 0.0547. The number of hydrogen-bond donors (Lipinski definition) is 6. The lowest BCUT2D eigenvalue weighted by molar-refractivity contribution is -0.137. The van der Waals surface area contributed by atoms with Crippen molar-refractivity contribution in [2.45, 2.75) is 38.5 Å². The van der Waals surface area contributed by atoms with Gasteiger partial charge in [-0.1, -0.05) is 36.4 Å². The molecule has 38 heavy (non-hydrogen) atoms. The predicted molar refractivity (Wildman–Crippen MR) is 135 cm³/mol. The van der Waals surface area contributed by atoms with E-state index in [1.165, 1.54) is 0 Å². The zero-order valence-corrected chi connectivity index (χ0v) is 20.4. The molecule has 3 amide bonds. The minimum atomic E-state index is -1.19. The average Bonchev–Trinajstić information content (AvgIpc) is 3.45. The number of carboxylic acid groups (broad SMARTS) is 1. The maximum absolute atomic E-state index is 12.9. The van der Waals surface area contributed by atoms with Gasteiger partial charge >= 0.3 is 20.2 Å². The zero-order chi connectivity index (χ0) is 27.2. The molecular weight excluding hydrogens is 496 g/mol. The van der Waals surface area contributed by atoms with Gasteiger partial charge in [0.25, 0.3) is 0 Å². The van der Waals surface area contributed by atoms with Crippen molar-refractivity contribution in [2.24, 2.45) is 0 Å². The molecule has 6 N–H and O–H groups in total. The van der Waals surface area contributed by atoms with Crippen molar-refractivity contribution in [1.29, 1.82) is 0 Å². The minimum Gasteiger partial charge on any atom is -0.481 e. The SMILES string of the molecule is O=C(O)CCNC(=O)[C@H](CNC(=O)Cc1cccc2c1B(O)OC2)NC(=O)Cc1cccc2c1B(O)OC2. The van der Waals surface area contributed by atoms with Crippen LogP contribution in [0.4, 0.5) is 0 Å². The largest absolute Gasteiger partial charge is 0.492 e. The second kappa shape index (κ2) is 12.2. The van der Waals surface area contributed by atoms with Gasteiger partial charge in [0, 0.05) is 13.1 Å². The molecule has 1 atom stereocenters. The Kier molecular flexibility index (Phi) is 8.79. The van der Waals surface area contributed by atoms with Crippen molar-refractivity contribution in [3.8, 4) is 0 Å². The Labute approximate surface area is 219 Å². The van der Waals surface area contributed by atoms with E-state index in [1.807, 2.05) is 0 Å².